The van der Waals surface area contributed by atoms with E-state index in [2.05, 4.69) is 51.0 Å². The van der Waals surface area contributed by atoms with E-state index in [1.807, 2.05) is 24.3 Å². The fraction of sp³-hybridized carbons (Fsp3) is 0.381. The highest BCUT2D eigenvalue weighted by Gasteiger charge is 2.09. The quantitative estimate of drug-likeness (QED) is 0.503. The maximum atomic E-state index is 5.92. The van der Waals surface area contributed by atoms with Gasteiger partial charge in [0, 0.05) is 0 Å². The van der Waals surface area contributed by atoms with E-state index in [-0.39, 0.29) is 0 Å². The van der Waals surface area contributed by atoms with Crippen LogP contribution in [0, 0.1) is 0 Å². The Kier molecular flexibility index (Phi) is 7.20. The molecular weight excluding hydrogens is 324 g/mol. The first-order valence-corrected chi connectivity index (χ1v) is 9.43. The van der Waals surface area contributed by atoms with Crippen LogP contribution in [0.15, 0.2) is 54.6 Å². The number of nitrogens with one attached hydrogen (secondary N) is 1. The number of H-pyrrole nitrogens is 1. The molecule has 0 atom stereocenters. The fourth-order valence-electron chi connectivity index (χ4n) is 3.02. The molecule has 3 rings (SSSR count). The summed E-state index contributed by atoms with van der Waals surface area (Å²) in [5.74, 6) is 1.38. The molecule has 0 spiro atoms. The van der Waals surface area contributed by atoms with Crippen molar-refractivity contribution in [3.8, 4) is 17.1 Å². The van der Waals surface area contributed by atoms with E-state index in [1.54, 1.807) is 0 Å². The lowest BCUT2D eigenvalue weighted by Crippen LogP contribution is -1.99. The second kappa shape index (κ2) is 10.3. The Morgan fingerprint density at radius 1 is 0.769 bits per heavy atom. The van der Waals surface area contributed by atoms with Gasteiger partial charge in [0.15, 0.2) is 0 Å². The van der Waals surface area contributed by atoms with Gasteiger partial charge in [0.2, 0.25) is 5.82 Å². The smallest absolute Gasteiger partial charge is 0.208 e. The molecule has 26 heavy (non-hydrogen) atoms. The Bertz CT molecular complexity index is 744. The Morgan fingerprint density at radius 3 is 2.31 bits per heavy atom. The molecule has 0 aliphatic rings. The minimum Gasteiger partial charge on any atom is -0.493 e. The van der Waals surface area contributed by atoms with E-state index in [0.29, 0.717) is 5.82 Å². The van der Waals surface area contributed by atoms with Crippen molar-refractivity contribution in [2.75, 3.05) is 6.61 Å². The summed E-state index contributed by atoms with van der Waals surface area (Å²) in [4.78, 5) is 0. The lowest BCUT2D eigenvalue weighted by atomic mass is 10.1. The third-order valence-corrected chi connectivity index (χ3v) is 4.43. The zero-order valence-electron chi connectivity index (χ0n) is 15.1. The van der Waals surface area contributed by atoms with Crippen molar-refractivity contribution in [1.82, 2.24) is 20.6 Å². The summed E-state index contributed by atoms with van der Waals surface area (Å²) in [7, 11) is 0. The first kappa shape index (κ1) is 18.1. The van der Waals surface area contributed by atoms with Crippen molar-refractivity contribution in [2.24, 2.45) is 0 Å². The third-order valence-electron chi connectivity index (χ3n) is 4.43. The number of tetrazole rings is 1. The standard InChI is InChI=1S/C21H26N4O/c1(3-6-12-18-13-7-5-8-14-18)2-4-11-17-26-20-16-10-9-15-19(20)21-22-24-25-23-21/h5,7-10,13-16H,1-4,6,11-12,17H2,(H,22,23,24,25). The summed E-state index contributed by atoms with van der Waals surface area (Å²) in [5, 5.41) is 14.1. The Labute approximate surface area is 154 Å². The number of benzene rings is 2. The molecule has 1 N–H and O–H groups in total. The number of aromatic amines is 1. The summed E-state index contributed by atoms with van der Waals surface area (Å²) in [5.41, 5.74) is 2.32. The SMILES string of the molecule is c1ccc(CCCCCCCCOc2ccccc2-c2nn[nH]n2)cc1. The van der Waals surface area contributed by atoms with Crippen LogP contribution in [0.3, 0.4) is 0 Å². The van der Waals surface area contributed by atoms with Gasteiger partial charge in [-0.15, -0.1) is 10.2 Å². The molecule has 0 amide bonds. The normalized spacial score (nSPS) is 10.8. The van der Waals surface area contributed by atoms with Crippen LogP contribution in [0.4, 0.5) is 0 Å². The van der Waals surface area contributed by atoms with E-state index in [0.717, 1.165) is 24.3 Å². The lowest BCUT2D eigenvalue weighted by Gasteiger charge is -2.09. The van der Waals surface area contributed by atoms with Gasteiger partial charge in [0.05, 0.1) is 12.2 Å². The molecule has 0 aliphatic heterocycles. The average molecular weight is 350 g/mol. The van der Waals surface area contributed by atoms with Gasteiger partial charge in [-0.3, -0.25) is 0 Å². The largest absolute Gasteiger partial charge is 0.493 e. The zero-order chi connectivity index (χ0) is 17.9. The van der Waals surface area contributed by atoms with Gasteiger partial charge in [0.25, 0.3) is 0 Å². The number of unbranched alkanes of at least 4 members (excludes halogenated alkanes) is 5. The highest BCUT2D eigenvalue weighted by Crippen LogP contribution is 2.26. The summed E-state index contributed by atoms with van der Waals surface area (Å²) in [6.45, 7) is 0.721. The molecule has 3 aromatic rings. The molecule has 0 saturated carbocycles. The van der Waals surface area contributed by atoms with Crippen LogP contribution in [0.1, 0.15) is 44.1 Å². The fourth-order valence-corrected chi connectivity index (χ4v) is 3.02. The molecule has 0 fully saturated rings. The van der Waals surface area contributed by atoms with Crippen LogP contribution < -0.4 is 4.74 Å². The molecule has 5 nitrogen and oxygen atoms in total. The van der Waals surface area contributed by atoms with Gasteiger partial charge in [-0.1, -0.05) is 68.1 Å². The number of nitrogens with zero attached hydrogens (tertiary/aromatic N) is 3. The molecule has 1 aromatic heterocycles. The number of ether oxygens (including phenoxy) is 1. The molecule has 5 heteroatoms. The number of para-hydroxylation sites is 1. The van der Waals surface area contributed by atoms with Crippen molar-refractivity contribution < 1.29 is 4.74 Å². The molecule has 136 valence electrons. The number of rotatable bonds is 11. The highest BCUT2D eigenvalue weighted by molar-refractivity contribution is 5.63. The number of hydrogen-bond donors (Lipinski definition) is 1. The summed E-state index contributed by atoms with van der Waals surface area (Å²) in [6, 6.07) is 18.6. The van der Waals surface area contributed by atoms with Crippen molar-refractivity contribution in [3.05, 3.63) is 60.2 Å². The molecule has 0 aliphatic carbocycles. The van der Waals surface area contributed by atoms with Gasteiger partial charge >= 0.3 is 0 Å². The molecular formula is C21H26N4O. The summed E-state index contributed by atoms with van der Waals surface area (Å²) in [6.07, 6.45) is 8.61. The van der Waals surface area contributed by atoms with Gasteiger partial charge < -0.3 is 4.74 Å². The Hall–Kier alpha value is -2.69. The third kappa shape index (κ3) is 5.69. The van der Waals surface area contributed by atoms with Crippen LogP contribution in [0.5, 0.6) is 5.75 Å². The lowest BCUT2D eigenvalue weighted by molar-refractivity contribution is 0.305. The van der Waals surface area contributed by atoms with E-state index in [9.17, 15) is 0 Å². The van der Waals surface area contributed by atoms with Crippen LogP contribution in [-0.4, -0.2) is 27.2 Å². The van der Waals surface area contributed by atoms with E-state index in [4.69, 9.17) is 4.74 Å². The topological polar surface area (TPSA) is 63.7 Å². The van der Waals surface area contributed by atoms with Crippen LogP contribution >= 0.6 is 0 Å². The van der Waals surface area contributed by atoms with Crippen molar-refractivity contribution in [2.45, 2.75) is 44.9 Å². The van der Waals surface area contributed by atoms with E-state index >= 15 is 0 Å². The molecule has 0 radical (unpaired) electrons. The molecule has 2 aromatic carbocycles. The van der Waals surface area contributed by atoms with Crippen LogP contribution in [0.25, 0.3) is 11.4 Å². The van der Waals surface area contributed by atoms with Gasteiger partial charge in [-0.2, -0.15) is 5.21 Å². The Morgan fingerprint density at radius 2 is 1.50 bits per heavy atom. The van der Waals surface area contributed by atoms with Crippen molar-refractivity contribution in [1.29, 1.82) is 0 Å². The number of hydrogen-bond acceptors (Lipinski definition) is 4. The highest BCUT2D eigenvalue weighted by atomic mass is 16.5. The van der Waals surface area contributed by atoms with Gasteiger partial charge in [-0.25, -0.2) is 0 Å². The molecule has 1 heterocycles. The Balaban J connectivity index is 1.27. The summed E-state index contributed by atoms with van der Waals surface area (Å²) < 4.78 is 5.92. The van der Waals surface area contributed by atoms with Crippen LogP contribution in [0.2, 0.25) is 0 Å². The first-order chi connectivity index (χ1) is 12.9. The van der Waals surface area contributed by atoms with Crippen molar-refractivity contribution in [3.63, 3.8) is 0 Å². The van der Waals surface area contributed by atoms with E-state index in [1.165, 1.54) is 44.1 Å². The summed E-state index contributed by atoms with van der Waals surface area (Å²) >= 11 is 0. The van der Waals surface area contributed by atoms with Crippen molar-refractivity contribution >= 4 is 0 Å². The zero-order valence-corrected chi connectivity index (χ0v) is 15.1. The number of aryl methyl sites for hydroxylation is 1. The second-order valence-corrected chi connectivity index (χ2v) is 6.44. The first-order valence-electron chi connectivity index (χ1n) is 9.43. The van der Waals surface area contributed by atoms with Gasteiger partial charge in [0.1, 0.15) is 5.75 Å². The minimum absolute atomic E-state index is 0.569. The molecule has 0 saturated heterocycles. The molecule has 0 bridgehead atoms. The maximum absolute atomic E-state index is 5.92. The van der Waals surface area contributed by atoms with Gasteiger partial charge in [-0.05, 0) is 42.2 Å². The minimum atomic E-state index is 0.569. The van der Waals surface area contributed by atoms with Crippen LogP contribution in [-0.2, 0) is 6.42 Å². The molecule has 0 unspecified atom stereocenters. The predicted octanol–water partition coefficient (Wildman–Crippen LogP) is 4.83. The van der Waals surface area contributed by atoms with E-state index < -0.39 is 0 Å². The predicted molar refractivity (Wildman–Crippen MR) is 103 cm³/mol. The number of aromatic nitrogens is 4. The average Bonchev–Trinajstić information content (AvgIpc) is 3.22. The maximum Gasteiger partial charge on any atom is 0.208 e. The monoisotopic (exact) mass is 350 g/mol. The second-order valence-electron chi connectivity index (χ2n) is 6.44.